The molecule has 0 unspecified atom stereocenters. The second kappa shape index (κ2) is 14.6. The van der Waals surface area contributed by atoms with Crippen LogP contribution in [-0.2, 0) is 23.8 Å². The number of carbonyl (C=O) groups is 2. The summed E-state index contributed by atoms with van der Waals surface area (Å²) in [7, 11) is 7.13. The van der Waals surface area contributed by atoms with Crippen molar-refractivity contribution in [3.05, 3.63) is 76.6 Å². The van der Waals surface area contributed by atoms with E-state index < -0.39 is 23.6 Å². The van der Waals surface area contributed by atoms with Gasteiger partial charge in [-0.3, -0.25) is 9.59 Å². The summed E-state index contributed by atoms with van der Waals surface area (Å²) in [5.74, 6) is 0.0303. The molecule has 1 saturated heterocycles. The molecule has 10 nitrogen and oxygen atoms in total. The Morgan fingerprint density at radius 1 is 0.857 bits per heavy atom. The fourth-order valence-electron chi connectivity index (χ4n) is 4.14. The van der Waals surface area contributed by atoms with Gasteiger partial charge in [0.15, 0.2) is 0 Å². The Morgan fingerprint density at radius 3 is 1.76 bits per heavy atom. The number of benzene rings is 2. The maximum absolute atomic E-state index is 12.7. The van der Waals surface area contributed by atoms with Crippen LogP contribution in [0.25, 0.3) is 0 Å². The molecule has 4 N–H and O–H groups in total. The van der Waals surface area contributed by atoms with Crippen molar-refractivity contribution in [1.29, 1.82) is 0 Å². The zero-order valence-electron chi connectivity index (χ0n) is 24.0. The maximum atomic E-state index is 12.7. The molecule has 1 amide bonds. The van der Waals surface area contributed by atoms with Crippen LogP contribution in [0.1, 0.15) is 32.9 Å². The van der Waals surface area contributed by atoms with Gasteiger partial charge in [-0.25, -0.2) is 9.97 Å². The Hall–Kier alpha value is -4.23. The molecule has 2 heterocycles. The summed E-state index contributed by atoms with van der Waals surface area (Å²) in [6.07, 6.45) is -4.32. The van der Waals surface area contributed by atoms with E-state index in [4.69, 9.17) is 0 Å². The molecule has 2 aromatic carbocycles. The number of hydrogen-bond acceptors (Lipinski definition) is 8. The Labute approximate surface area is 243 Å². The number of nitrogens with zero attached hydrogens (tertiary/aromatic N) is 4. The van der Waals surface area contributed by atoms with Crippen molar-refractivity contribution in [3.63, 3.8) is 0 Å². The summed E-state index contributed by atoms with van der Waals surface area (Å²) >= 11 is 0. The Balaban J connectivity index is 0.000000715. The number of anilines is 3. The zero-order valence-corrected chi connectivity index (χ0v) is 24.0. The lowest BCUT2D eigenvalue weighted by molar-refractivity contribution is -0.138. The van der Waals surface area contributed by atoms with Gasteiger partial charge in [0.25, 0.3) is 5.91 Å². The molecule has 0 aliphatic carbocycles. The number of aliphatic carboxylic acids is 1. The Kier molecular flexibility index (Phi) is 11.2. The summed E-state index contributed by atoms with van der Waals surface area (Å²) in [5.41, 5.74) is 1.13. The Bertz CT molecular complexity index is 1300. The average molecular weight is 588 g/mol. The minimum atomic E-state index is -4.47. The molecule has 0 radical (unpaired) electrons. The number of rotatable bonds is 8. The minimum Gasteiger partial charge on any atom is -0.481 e. The molecule has 0 spiro atoms. The van der Waals surface area contributed by atoms with Crippen molar-refractivity contribution in [2.24, 2.45) is 0 Å². The van der Waals surface area contributed by atoms with Gasteiger partial charge in [0.1, 0.15) is 17.5 Å². The second-order valence-corrected chi connectivity index (χ2v) is 10.0. The highest BCUT2D eigenvalue weighted by molar-refractivity contribution is 6.04. The van der Waals surface area contributed by atoms with E-state index in [9.17, 15) is 27.9 Å². The van der Waals surface area contributed by atoms with Crippen LogP contribution in [0.15, 0.2) is 48.5 Å². The van der Waals surface area contributed by atoms with Gasteiger partial charge in [0.2, 0.25) is 0 Å². The van der Waals surface area contributed by atoms with E-state index in [1.165, 1.54) is 0 Å². The molecule has 1 aliphatic heterocycles. The van der Waals surface area contributed by atoms with Gasteiger partial charge >= 0.3 is 12.1 Å². The summed E-state index contributed by atoms with van der Waals surface area (Å²) in [5, 5.41) is 18.4. The number of piperazine rings is 1. The number of carboxylic acids is 1. The Morgan fingerprint density at radius 2 is 1.36 bits per heavy atom. The molecule has 0 saturated carbocycles. The van der Waals surface area contributed by atoms with Crippen molar-refractivity contribution < 1.29 is 27.9 Å². The number of halogens is 3. The van der Waals surface area contributed by atoms with Gasteiger partial charge in [-0.05, 0) is 42.0 Å². The summed E-state index contributed by atoms with van der Waals surface area (Å²) < 4.78 is 38.1. The number of aromatic nitrogens is 2. The molecule has 1 aromatic heterocycles. The van der Waals surface area contributed by atoms with Gasteiger partial charge in [0.05, 0.1) is 12.0 Å². The first-order valence-electron chi connectivity index (χ1n) is 13.3. The van der Waals surface area contributed by atoms with E-state index in [2.05, 4.69) is 25.9 Å². The lowest BCUT2D eigenvalue weighted by atomic mass is 10.1. The van der Waals surface area contributed by atoms with Gasteiger partial charge in [0, 0.05) is 77.6 Å². The van der Waals surface area contributed by atoms with Crippen LogP contribution in [0, 0.1) is 0 Å². The van der Waals surface area contributed by atoms with E-state index in [0.717, 1.165) is 56.0 Å². The fourth-order valence-corrected chi connectivity index (χ4v) is 4.14. The van der Waals surface area contributed by atoms with E-state index in [1.54, 1.807) is 62.3 Å². The molecule has 0 bridgehead atoms. The first-order chi connectivity index (χ1) is 19.8. The standard InChI is InChI=1S/C25H26F3N5O3.C4H10N2/c1-32(2)22-19(14-21(34)35)23(33(3)4)31-20(30-22)13-15-5-11-18(12-6-15)29-24(36)16-7-9-17(10-8-16)25(26,27)28;1-2-6-4-3-5-1/h5-12H,13-14H2,1-4H3,(H,29,36)(H,34,35);5-6H,1-4H2. The topological polar surface area (TPSA) is 123 Å². The fraction of sp³-hybridized carbons (Fsp3) is 0.379. The number of alkyl halides is 3. The number of amides is 1. The molecule has 4 rings (SSSR count). The second-order valence-electron chi connectivity index (χ2n) is 10.0. The lowest BCUT2D eigenvalue weighted by Gasteiger charge is -2.22. The van der Waals surface area contributed by atoms with E-state index in [1.807, 2.05) is 0 Å². The molecule has 42 heavy (non-hydrogen) atoms. The molecule has 13 heteroatoms. The third kappa shape index (κ3) is 9.42. The van der Waals surface area contributed by atoms with Crippen molar-refractivity contribution >= 4 is 29.2 Å². The van der Waals surface area contributed by atoms with Crippen LogP contribution in [-0.4, -0.2) is 81.3 Å². The van der Waals surface area contributed by atoms with Crippen LogP contribution in [0.2, 0.25) is 0 Å². The van der Waals surface area contributed by atoms with Gasteiger partial charge < -0.3 is 30.9 Å². The van der Waals surface area contributed by atoms with Crippen molar-refractivity contribution in [3.8, 4) is 0 Å². The first kappa shape index (κ1) is 32.3. The van der Waals surface area contributed by atoms with Crippen LogP contribution >= 0.6 is 0 Å². The quantitative estimate of drug-likeness (QED) is 0.315. The molecule has 1 aliphatic rings. The summed E-state index contributed by atoms with van der Waals surface area (Å²) in [6, 6.07) is 10.9. The van der Waals surface area contributed by atoms with Gasteiger partial charge in [-0.1, -0.05) is 12.1 Å². The summed E-state index contributed by atoms with van der Waals surface area (Å²) in [6.45, 7) is 4.56. The highest BCUT2D eigenvalue weighted by Crippen LogP contribution is 2.29. The van der Waals surface area contributed by atoms with Crippen LogP contribution in [0.3, 0.4) is 0 Å². The van der Waals surface area contributed by atoms with Crippen molar-refractivity contribution in [2.75, 3.05) is 69.5 Å². The largest absolute Gasteiger partial charge is 0.481 e. The number of carboxylic acid groups (broad SMARTS) is 1. The average Bonchev–Trinajstić information content (AvgIpc) is 2.95. The number of nitrogens with one attached hydrogen (secondary N) is 3. The normalized spacial score (nSPS) is 13.0. The lowest BCUT2D eigenvalue weighted by Crippen LogP contribution is -2.39. The maximum Gasteiger partial charge on any atom is 0.416 e. The first-order valence-corrected chi connectivity index (χ1v) is 13.3. The van der Waals surface area contributed by atoms with Gasteiger partial charge in [-0.2, -0.15) is 13.2 Å². The molecule has 1 fully saturated rings. The zero-order chi connectivity index (χ0) is 30.9. The SMILES string of the molecule is C1CNCCN1.CN(C)c1nc(Cc2ccc(NC(=O)c3ccc(C(F)(F)F)cc3)cc2)nc(N(C)C)c1CC(=O)O. The third-order valence-corrected chi connectivity index (χ3v) is 6.19. The molecular weight excluding hydrogens is 551 g/mol. The molecule has 3 aromatic rings. The van der Waals surface area contributed by atoms with E-state index >= 15 is 0 Å². The van der Waals surface area contributed by atoms with E-state index in [0.29, 0.717) is 35.1 Å². The predicted molar refractivity (Wildman–Crippen MR) is 156 cm³/mol. The number of carbonyl (C=O) groups excluding carboxylic acids is 1. The number of hydrogen-bond donors (Lipinski definition) is 4. The monoisotopic (exact) mass is 587 g/mol. The molecule has 226 valence electrons. The highest BCUT2D eigenvalue weighted by Gasteiger charge is 2.30. The smallest absolute Gasteiger partial charge is 0.416 e. The van der Waals surface area contributed by atoms with Gasteiger partial charge in [-0.15, -0.1) is 0 Å². The molecule has 0 atom stereocenters. The van der Waals surface area contributed by atoms with Crippen molar-refractivity contribution in [2.45, 2.75) is 19.0 Å². The van der Waals surface area contributed by atoms with Crippen molar-refractivity contribution in [1.82, 2.24) is 20.6 Å². The van der Waals surface area contributed by atoms with Crippen LogP contribution in [0.5, 0.6) is 0 Å². The molecular formula is C29H36F3N7O3. The highest BCUT2D eigenvalue weighted by atomic mass is 19.4. The minimum absolute atomic E-state index is 0.106. The third-order valence-electron chi connectivity index (χ3n) is 6.19. The van der Waals surface area contributed by atoms with E-state index in [-0.39, 0.29) is 12.0 Å². The van der Waals surface area contributed by atoms with Crippen LogP contribution < -0.4 is 25.8 Å². The van der Waals surface area contributed by atoms with Crippen LogP contribution in [0.4, 0.5) is 30.5 Å². The predicted octanol–water partition coefficient (Wildman–Crippen LogP) is 3.28. The summed E-state index contributed by atoms with van der Waals surface area (Å²) in [4.78, 5) is 36.4.